The van der Waals surface area contributed by atoms with Crippen LogP contribution in [0.2, 0.25) is 0 Å². The Bertz CT molecular complexity index is 629. The summed E-state index contributed by atoms with van der Waals surface area (Å²) in [7, 11) is 0. The van der Waals surface area contributed by atoms with Gasteiger partial charge in [0.05, 0.1) is 12.2 Å². The van der Waals surface area contributed by atoms with Crippen LogP contribution in [0.4, 0.5) is 8.78 Å². The van der Waals surface area contributed by atoms with Crippen molar-refractivity contribution in [2.24, 2.45) is 11.8 Å². The lowest BCUT2D eigenvalue weighted by molar-refractivity contribution is -0.127. The van der Waals surface area contributed by atoms with Gasteiger partial charge in [-0.15, -0.1) is 0 Å². The molecule has 25 heavy (non-hydrogen) atoms. The quantitative estimate of drug-likeness (QED) is 0.548. The van der Waals surface area contributed by atoms with Crippen LogP contribution < -0.4 is 27.0 Å². The van der Waals surface area contributed by atoms with Crippen LogP contribution in [0.5, 0.6) is 0 Å². The molecule has 0 radical (unpaired) electrons. The molecular weight excluding hydrogens is 328 g/mol. The first-order valence-corrected chi connectivity index (χ1v) is 8.75. The fraction of sp³-hybridized carbons (Fsp3) is 0.588. The van der Waals surface area contributed by atoms with Crippen molar-refractivity contribution in [3.05, 3.63) is 35.4 Å². The Morgan fingerprint density at radius 3 is 2.88 bits per heavy atom. The Morgan fingerprint density at radius 2 is 2.12 bits per heavy atom. The summed E-state index contributed by atoms with van der Waals surface area (Å²) in [6.07, 6.45) is 1.06. The molecule has 0 spiro atoms. The number of carbonyl (C=O) groups is 1. The number of hydrogen-bond donors (Lipinski definition) is 5. The van der Waals surface area contributed by atoms with Gasteiger partial charge in [-0.25, -0.2) is 19.6 Å². The molecule has 5 N–H and O–H groups in total. The van der Waals surface area contributed by atoms with Gasteiger partial charge >= 0.3 is 0 Å². The van der Waals surface area contributed by atoms with E-state index >= 15 is 0 Å². The monoisotopic (exact) mass is 353 g/mol. The smallest absolute Gasteiger partial charge is 0.224 e. The molecule has 2 aliphatic rings. The molecule has 1 aromatic carbocycles. The lowest BCUT2D eigenvalue weighted by atomic mass is 9.86. The van der Waals surface area contributed by atoms with E-state index in [0.29, 0.717) is 6.42 Å². The van der Waals surface area contributed by atoms with Crippen molar-refractivity contribution in [3.63, 3.8) is 0 Å². The minimum Gasteiger partial charge on any atom is -0.339 e. The third kappa shape index (κ3) is 3.82. The van der Waals surface area contributed by atoms with Gasteiger partial charge in [-0.2, -0.15) is 0 Å². The molecule has 2 fully saturated rings. The summed E-state index contributed by atoms with van der Waals surface area (Å²) < 4.78 is 27.3. The van der Waals surface area contributed by atoms with E-state index in [1.807, 2.05) is 6.92 Å². The largest absolute Gasteiger partial charge is 0.339 e. The van der Waals surface area contributed by atoms with Crippen molar-refractivity contribution in [3.8, 4) is 0 Å². The van der Waals surface area contributed by atoms with Crippen LogP contribution >= 0.6 is 0 Å². The van der Waals surface area contributed by atoms with Gasteiger partial charge in [0.15, 0.2) is 11.6 Å². The number of hydrazine groups is 2. The number of hydrogen-bond acceptors (Lipinski definition) is 5. The summed E-state index contributed by atoms with van der Waals surface area (Å²) in [5, 5.41) is 2.95. The molecule has 8 heteroatoms. The third-order valence-electron chi connectivity index (χ3n) is 5.21. The molecule has 2 heterocycles. The fourth-order valence-electron chi connectivity index (χ4n) is 3.63. The molecule has 0 aliphatic carbocycles. The topological polar surface area (TPSA) is 77.2 Å². The van der Waals surface area contributed by atoms with Crippen LogP contribution in [-0.2, 0) is 4.79 Å². The maximum atomic E-state index is 13.9. The van der Waals surface area contributed by atoms with Gasteiger partial charge in [-0.1, -0.05) is 26.0 Å². The predicted molar refractivity (Wildman–Crippen MR) is 89.8 cm³/mol. The number of benzene rings is 1. The average molecular weight is 353 g/mol. The zero-order valence-electron chi connectivity index (χ0n) is 14.4. The Kier molecular flexibility index (Phi) is 5.63. The standard InChI is InChI=1S/C17H25F2N5O/c1-3-13-11(8-20-22-13)9(2)17(25)21-15-7-14(23-24-15)10-5-4-6-12(18)16(10)19/h4-6,9,11,13-15,20,22-24H,3,7-8H2,1-2H3,(H,21,25)/t9-,11?,13?,14?,15?/m0/s1. The number of halogens is 2. The van der Waals surface area contributed by atoms with E-state index in [2.05, 4.69) is 33.9 Å². The highest BCUT2D eigenvalue weighted by Crippen LogP contribution is 2.26. The molecule has 4 unspecified atom stereocenters. The van der Waals surface area contributed by atoms with Gasteiger partial charge in [-0.3, -0.25) is 15.6 Å². The van der Waals surface area contributed by atoms with Gasteiger partial charge < -0.3 is 5.32 Å². The Labute approximate surface area is 146 Å². The first-order chi connectivity index (χ1) is 12.0. The number of rotatable bonds is 5. The van der Waals surface area contributed by atoms with Crippen molar-refractivity contribution in [1.29, 1.82) is 0 Å². The predicted octanol–water partition coefficient (Wildman–Crippen LogP) is 1.08. The molecule has 0 bridgehead atoms. The Hall–Kier alpha value is -1.61. The van der Waals surface area contributed by atoms with E-state index < -0.39 is 17.7 Å². The SMILES string of the molecule is CCC1NNCC1[C@H](C)C(=O)NC1CC(c2cccc(F)c2F)NN1. The molecule has 2 saturated heterocycles. The fourth-order valence-corrected chi connectivity index (χ4v) is 3.63. The van der Waals surface area contributed by atoms with Gasteiger partial charge in [0.2, 0.25) is 5.91 Å². The normalized spacial score (nSPS) is 30.4. The van der Waals surface area contributed by atoms with Crippen LogP contribution in [0.25, 0.3) is 0 Å². The Balaban J connectivity index is 1.57. The minimum atomic E-state index is -0.868. The molecule has 6 nitrogen and oxygen atoms in total. The maximum absolute atomic E-state index is 13.9. The third-order valence-corrected chi connectivity index (χ3v) is 5.21. The number of nitrogens with one attached hydrogen (secondary N) is 5. The number of amides is 1. The summed E-state index contributed by atoms with van der Waals surface area (Å²) in [5.41, 5.74) is 12.4. The van der Waals surface area contributed by atoms with Gasteiger partial charge in [0, 0.05) is 36.4 Å². The summed E-state index contributed by atoms with van der Waals surface area (Å²) >= 11 is 0. The molecule has 1 amide bonds. The van der Waals surface area contributed by atoms with Crippen molar-refractivity contribution < 1.29 is 13.6 Å². The van der Waals surface area contributed by atoms with E-state index in [0.717, 1.165) is 19.0 Å². The molecule has 138 valence electrons. The molecule has 2 aliphatic heterocycles. The lowest BCUT2D eigenvalue weighted by Crippen LogP contribution is -2.48. The molecule has 3 rings (SSSR count). The Morgan fingerprint density at radius 1 is 1.32 bits per heavy atom. The van der Waals surface area contributed by atoms with Crippen molar-refractivity contribution in [1.82, 2.24) is 27.0 Å². The molecule has 5 atom stereocenters. The molecule has 0 saturated carbocycles. The zero-order valence-corrected chi connectivity index (χ0v) is 14.4. The second kappa shape index (κ2) is 7.74. The van der Waals surface area contributed by atoms with E-state index in [1.54, 1.807) is 6.07 Å². The summed E-state index contributed by atoms with van der Waals surface area (Å²) in [5.74, 6) is -1.70. The first-order valence-electron chi connectivity index (χ1n) is 8.75. The zero-order chi connectivity index (χ0) is 18.0. The second-order valence-electron chi connectivity index (χ2n) is 6.77. The highest BCUT2D eigenvalue weighted by atomic mass is 19.2. The van der Waals surface area contributed by atoms with Crippen LogP contribution in [0.1, 0.15) is 38.3 Å². The lowest BCUT2D eigenvalue weighted by Gasteiger charge is -2.24. The summed E-state index contributed by atoms with van der Waals surface area (Å²) in [6, 6.07) is 4.00. The minimum absolute atomic E-state index is 0.0476. The summed E-state index contributed by atoms with van der Waals surface area (Å²) in [4.78, 5) is 12.5. The molecule has 0 aromatic heterocycles. The summed E-state index contributed by atoms with van der Waals surface area (Å²) in [6.45, 7) is 4.76. The van der Waals surface area contributed by atoms with Crippen LogP contribution in [0, 0.1) is 23.5 Å². The van der Waals surface area contributed by atoms with E-state index in [1.165, 1.54) is 6.07 Å². The highest BCUT2D eigenvalue weighted by Gasteiger charge is 2.36. The average Bonchev–Trinajstić information content (AvgIpc) is 3.25. The van der Waals surface area contributed by atoms with Crippen LogP contribution in [0.15, 0.2) is 18.2 Å². The van der Waals surface area contributed by atoms with Crippen molar-refractivity contribution in [2.75, 3.05) is 6.54 Å². The van der Waals surface area contributed by atoms with Gasteiger partial charge in [0.1, 0.15) is 0 Å². The van der Waals surface area contributed by atoms with Crippen molar-refractivity contribution in [2.45, 2.75) is 44.9 Å². The number of carbonyl (C=O) groups excluding carboxylic acids is 1. The molecular formula is C17H25F2N5O. The van der Waals surface area contributed by atoms with E-state index in [-0.39, 0.29) is 35.5 Å². The van der Waals surface area contributed by atoms with Crippen LogP contribution in [0.3, 0.4) is 0 Å². The van der Waals surface area contributed by atoms with Gasteiger partial charge in [-0.05, 0) is 12.5 Å². The molecule has 1 aromatic rings. The van der Waals surface area contributed by atoms with Crippen molar-refractivity contribution >= 4 is 5.91 Å². The second-order valence-corrected chi connectivity index (χ2v) is 6.77. The maximum Gasteiger partial charge on any atom is 0.224 e. The highest BCUT2D eigenvalue weighted by molar-refractivity contribution is 5.79. The van der Waals surface area contributed by atoms with E-state index in [4.69, 9.17) is 0 Å². The van der Waals surface area contributed by atoms with E-state index in [9.17, 15) is 13.6 Å². The van der Waals surface area contributed by atoms with Crippen LogP contribution in [-0.4, -0.2) is 24.7 Å². The van der Waals surface area contributed by atoms with Gasteiger partial charge in [0.25, 0.3) is 0 Å². The first kappa shape index (κ1) is 18.2.